The van der Waals surface area contributed by atoms with Crippen molar-refractivity contribution in [2.45, 2.75) is 12.4 Å². The molecule has 0 aliphatic rings. The Hall–Kier alpha value is -1.77. The van der Waals surface area contributed by atoms with Gasteiger partial charge >= 0.3 is 15.5 Å². The maximum atomic E-state index is 12.2. The molecular weight excluding hydrogens is 285 g/mol. The highest BCUT2D eigenvalue weighted by Gasteiger charge is 2.46. The SMILES string of the molecule is CNC(=O)c1ccc(NS(=O)(=O)C(F)(F)F)c(C)c1. The first-order valence-electron chi connectivity index (χ1n) is 5.00. The first kappa shape index (κ1) is 15.3. The van der Waals surface area contributed by atoms with E-state index >= 15 is 0 Å². The van der Waals surface area contributed by atoms with Crippen molar-refractivity contribution >= 4 is 21.6 Å². The molecule has 0 unspecified atom stereocenters. The number of rotatable bonds is 3. The maximum Gasteiger partial charge on any atom is 0.516 e. The van der Waals surface area contributed by atoms with E-state index in [1.54, 1.807) is 0 Å². The van der Waals surface area contributed by atoms with Crippen LogP contribution in [0.1, 0.15) is 15.9 Å². The fourth-order valence-electron chi connectivity index (χ4n) is 1.27. The van der Waals surface area contributed by atoms with Crippen LogP contribution in [0.15, 0.2) is 18.2 Å². The van der Waals surface area contributed by atoms with Gasteiger partial charge in [0.15, 0.2) is 0 Å². The molecule has 0 aliphatic heterocycles. The van der Waals surface area contributed by atoms with Gasteiger partial charge in [-0.3, -0.25) is 9.52 Å². The van der Waals surface area contributed by atoms with Gasteiger partial charge in [0.25, 0.3) is 5.91 Å². The van der Waals surface area contributed by atoms with Crippen LogP contribution < -0.4 is 10.0 Å². The Morgan fingerprint density at radius 3 is 2.26 bits per heavy atom. The van der Waals surface area contributed by atoms with Crippen molar-refractivity contribution in [2.24, 2.45) is 0 Å². The van der Waals surface area contributed by atoms with E-state index in [1.807, 2.05) is 0 Å². The molecule has 106 valence electrons. The summed E-state index contributed by atoms with van der Waals surface area (Å²) >= 11 is 0. The van der Waals surface area contributed by atoms with E-state index in [0.717, 1.165) is 6.07 Å². The summed E-state index contributed by atoms with van der Waals surface area (Å²) in [4.78, 5) is 11.3. The predicted octanol–water partition coefficient (Wildman–Crippen LogP) is 1.62. The number of sulfonamides is 1. The normalized spacial score (nSPS) is 12.1. The Bertz CT molecular complexity index is 597. The second kappa shape index (κ2) is 5.08. The second-order valence-electron chi connectivity index (χ2n) is 3.66. The second-order valence-corrected chi connectivity index (χ2v) is 5.33. The van der Waals surface area contributed by atoms with Crippen LogP contribution >= 0.6 is 0 Å². The summed E-state index contributed by atoms with van der Waals surface area (Å²) in [6.45, 7) is 1.39. The Kier molecular flexibility index (Phi) is 4.09. The molecule has 0 atom stereocenters. The topological polar surface area (TPSA) is 75.3 Å². The Morgan fingerprint density at radius 1 is 1.26 bits per heavy atom. The highest BCUT2D eigenvalue weighted by atomic mass is 32.2. The number of hydrogen-bond acceptors (Lipinski definition) is 3. The highest BCUT2D eigenvalue weighted by Crippen LogP contribution is 2.27. The Labute approximate surface area is 107 Å². The summed E-state index contributed by atoms with van der Waals surface area (Å²) in [5, 5.41) is 2.34. The van der Waals surface area contributed by atoms with Gasteiger partial charge in [0.2, 0.25) is 0 Å². The van der Waals surface area contributed by atoms with E-state index in [1.165, 1.54) is 30.8 Å². The van der Waals surface area contributed by atoms with Crippen molar-refractivity contribution in [1.29, 1.82) is 0 Å². The number of hydrogen-bond donors (Lipinski definition) is 2. The Balaban J connectivity index is 3.09. The molecule has 1 aromatic carbocycles. The van der Waals surface area contributed by atoms with Crippen LogP contribution in [0, 0.1) is 6.92 Å². The summed E-state index contributed by atoms with van der Waals surface area (Å²) in [5.41, 5.74) is -5.20. The monoisotopic (exact) mass is 296 g/mol. The minimum absolute atomic E-state index is 0.203. The van der Waals surface area contributed by atoms with Gasteiger partial charge in [-0.2, -0.15) is 21.6 Å². The van der Waals surface area contributed by atoms with Gasteiger partial charge in [0.05, 0.1) is 5.69 Å². The van der Waals surface area contributed by atoms with E-state index in [0.29, 0.717) is 0 Å². The molecular formula is C10H11F3N2O3S. The number of aryl methyl sites for hydroxylation is 1. The van der Waals surface area contributed by atoms with E-state index in [2.05, 4.69) is 5.32 Å². The summed E-state index contributed by atoms with van der Waals surface area (Å²) < 4.78 is 59.9. The number of benzene rings is 1. The molecule has 9 heteroatoms. The zero-order valence-corrected chi connectivity index (χ0v) is 10.8. The molecule has 1 amide bonds. The number of anilines is 1. The summed E-state index contributed by atoms with van der Waals surface area (Å²) in [6, 6.07) is 3.61. The molecule has 0 fully saturated rings. The summed E-state index contributed by atoms with van der Waals surface area (Å²) in [6.07, 6.45) is 0. The highest BCUT2D eigenvalue weighted by molar-refractivity contribution is 7.93. The molecule has 1 rings (SSSR count). The molecule has 1 aromatic rings. The molecule has 0 aromatic heterocycles. The van der Waals surface area contributed by atoms with Crippen molar-refractivity contribution in [2.75, 3.05) is 11.8 Å². The van der Waals surface area contributed by atoms with Crippen molar-refractivity contribution in [1.82, 2.24) is 5.32 Å². The zero-order valence-electron chi connectivity index (χ0n) is 10.00. The molecule has 0 radical (unpaired) electrons. The fraction of sp³-hybridized carbons (Fsp3) is 0.300. The lowest BCUT2D eigenvalue weighted by Gasteiger charge is -2.13. The number of alkyl halides is 3. The van der Waals surface area contributed by atoms with Crippen LogP contribution in [0.3, 0.4) is 0 Å². The van der Waals surface area contributed by atoms with Crippen LogP contribution in [0.2, 0.25) is 0 Å². The fourth-order valence-corrected chi connectivity index (χ4v) is 1.90. The molecule has 0 bridgehead atoms. The number of nitrogens with one attached hydrogen (secondary N) is 2. The number of halogens is 3. The van der Waals surface area contributed by atoms with Gasteiger partial charge in [0, 0.05) is 12.6 Å². The molecule has 0 saturated carbocycles. The number of carbonyl (C=O) groups is 1. The van der Waals surface area contributed by atoms with E-state index in [4.69, 9.17) is 0 Å². The van der Waals surface area contributed by atoms with E-state index in [9.17, 15) is 26.4 Å². The van der Waals surface area contributed by atoms with Crippen molar-refractivity contribution in [3.8, 4) is 0 Å². The van der Waals surface area contributed by atoms with Crippen LogP contribution in [-0.4, -0.2) is 26.9 Å². The largest absolute Gasteiger partial charge is 0.516 e. The smallest absolute Gasteiger partial charge is 0.355 e. The first-order chi connectivity index (χ1) is 8.58. The standard InChI is InChI=1S/C10H11F3N2O3S/c1-6-5-7(9(16)14-2)3-4-8(6)15-19(17,18)10(11,12)13/h3-5,15H,1-2H3,(H,14,16). The average Bonchev–Trinajstić information content (AvgIpc) is 2.29. The molecule has 5 nitrogen and oxygen atoms in total. The lowest BCUT2D eigenvalue weighted by atomic mass is 10.1. The van der Waals surface area contributed by atoms with Gasteiger partial charge < -0.3 is 5.32 Å². The van der Waals surface area contributed by atoms with Gasteiger partial charge in [-0.05, 0) is 30.7 Å². The minimum atomic E-state index is -5.46. The first-order valence-corrected chi connectivity index (χ1v) is 6.48. The van der Waals surface area contributed by atoms with Crippen molar-refractivity contribution in [3.05, 3.63) is 29.3 Å². The van der Waals surface area contributed by atoms with Crippen LogP contribution in [0.4, 0.5) is 18.9 Å². The maximum absolute atomic E-state index is 12.2. The molecule has 2 N–H and O–H groups in total. The molecule has 0 heterocycles. The lowest BCUT2D eigenvalue weighted by molar-refractivity contribution is -0.0429. The predicted molar refractivity (Wildman–Crippen MR) is 63.2 cm³/mol. The number of carbonyl (C=O) groups excluding carboxylic acids is 1. The van der Waals surface area contributed by atoms with Crippen molar-refractivity contribution in [3.63, 3.8) is 0 Å². The van der Waals surface area contributed by atoms with E-state index in [-0.39, 0.29) is 16.8 Å². The lowest BCUT2D eigenvalue weighted by Crippen LogP contribution is -2.30. The van der Waals surface area contributed by atoms with E-state index < -0.39 is 21.4 Å². The quantitative estimate of drug-likeness (QED) is 0.890. The number of amides is 1. The van der Waals surface area contributed by atoms with Crippen LogP contribution in [0.5, 0.6) is 0 Å². The van der Waals surface area contributed by atoms with Crippen LogP contribution in [0.25, 0.3) is 0 Å². The summed E-state index contributed by atoms with van der Waals surface area (Å²) in [5.74, 6) is -0.423. The third kappa shape index (κ3) is 3.37. The zero-order chi connectivity index (χ0) is 14.8. The third-order valence-electron chi connectivity index (χ3n) is 2.26. The molecule has 0 spiro atoms. The molecule has 19 heavy (non-hydrogen) atoms. The molecule has 0 aliphatic carbocycles. The van der Waals surface area contributed by atoms with Crippen LogP contribution in [-0.2, 0) is 10.0 Å². The molecule has 0 saturated heterocycles. The van der Waals surface area contributed by atoms with Gasteiger partial charge in [0.1, 0.15) is 0 Å². The summed E-state index contributed by atoms with van der Waals surface area (Å²) in [7, 11) is -4.06. The van der Waals surface area contributed by atoms with Gasteiger partial charge in [-0.25, -0.2) is 0 Å². The Morgan fingerprint density at radius 2 is 1.84 bits per heavy atom. The average molecular weight is 296 g/mol. The van der Waals surface area contributed by atoms with Gasteiger partial charge in [-0.15, -0.1) is 0 Å². The van der Waals surface area contributed by atoms with Crippen molar-refractivity contribution < 1.29 is 26.4 Å². The van der Waals surface area contributed by atoms with Gasteiger partial charge in [-0.1, -0.05) is 0 Å². The third-order valence-corrected chi connectivity index (χ3v) is 3.36. The minimum Gasteiger partial charge on any atom is -0.355 e.